The highest BCUT2D eigenvalue weighted by Gasteiger charge is 2.19. The van der Waals surface area contributed by atoms with Crippen molar-refractivity contribution in [3.05, 3.63) is 61.3 Å². The Hall–Kier alpha value is -2.29. The minimum atomic E-state index is -0.462. The van der Waals surface area contributed by atoms with E-state index in [9.17, 15) is 14.9 Å². The standard InChI is InChI=1S/C18H21N3O4S/c1-13-16(21(23)24)10-17(26-13)18(22)19-11-14-2-4-15(5-3-14)12-20-6-8-25-9-7-20/h2-5,10H,6-9,11-12H2,1H3,(H,19,22). The van der Waals surface area contributed by atoms with Gasteiger partial charge in [-0.3, -0.25) is 19.8 Å². The number of amides is 1. The van der Waals surface area contributed by atoms with Crippen molar-refractivity contribution >= 4 is 22.9 Å². The van der Waals surface area contributed by atoms with Gasteiger partial charge in [-0.1, -0.05) is 24.3 Å². The smallest absolute Gasteiger partial charge is 0.283 e. The summed E-state index contributed by atoms with van der Waals surface area (Å²) in [6.45, 7) is 6.39. The Morgan fingerprint density at radius 3 is 2.54 bits per heavy atom. The molecule has 1 N–H and O–H groups in total. The molecule has 0 bridgehead atoms. The first kappa shape index (κ1) is 18.5. The molecule has 1 aliphatic rings. The molecule has 0 atom stereocenters. The Kier molecular flexibility index (Phi) is 5.97. The fourth-order valence-electron chi connectivity index (χ4n) is 2.82. The molecule has 1 saturated heterocycles. The van der Waals surface area contributed by atoms with Crippen molar-refractivity contribution in [2.45, 2.75) is 20.0 Å². The average Bonchev–Trinajstić information content (AvgIpc) is 3.04. The van der Waals surface area contributed by atoms with Gasteiger partial charge in [0.25, 0.3) is 11.6 Å². The Balaban J connectivity index is 1.53. The maximum Gasteiger partial charge on any atom is 0.283 e. The molecule has 1 fully saturated rings. The molecule has 7 nitrogen and oxygen atoms in total. The third-order valence-electron chi connectivity index (χ3n) is 4.30. The quantitative estimate of drug-likeness (QED) is 0.620. The maximum absolute atomic E-state index is 12.2. The average molecular weight is 375 g/mol. The van der Waals surface area contributed by atoms with E-state index in [4.69, 9.17) is 4.74 Å². The molecule has 0 radical (unpaired) electrons. The van der Waals surface area contributed by atoms with E-state index in [1.54, 1.807) is 6.92 Å². The molecule has 138 valence electrons. The minimum absolute atomic E-state index is 0.00684. The van der Waals surface area contributed by atoms with Gasteiger partial charge >= 0.3 is 0 Å². The summed E-state index contributed by atoms with van der Waals surface area (Å²) in [4.78, 5) is 25.9. The third kappa shape index (κ3) is 4.66. The van der Waals surface area contributed by atoms with Crippen molar-refractivity contribution < 1.29 is 14.5 Å². The van der Waals surface area contributed by atoms with E-state index in [1.807, 2.05) is 12.1 Å². The zero-order valence-electron chi connectivity index (χ0n) is 14.6. The molecule has 8 heteroatoms. The number of rotatable bonds is 6. The normalized spacial score (nSPS) is 15.0. The minimum Gasteiger partial charge on any atom is -0.379 e. The topological polar surface area (TPSA) is 84.7 Å². The monoisotopic (exact) mass is 375 g/mol. The van der Waals surface area contributed by atoms with Crippen molar-refractivity contribution in [1.29, 1.82) is 0 Å². The highest BCUT2D eigenvalue weighted by atomic mass is 32.1. The lowest BCUT2D eigenvalue weighted by molar-refractivity contribution is -0.385. The number of aryl methyl sites for hydroxylation is 1. The number of thiophene rings is 1. The molecule has 1 aromatic heterocycles. The van der Waals surface area contributed by atoms with Crippen LogP contribution in [0.15, 0.2) is 30.3 Å². The van der Waals surface area contributed by atoms with E-state index < -0.39 is 4.92 Å². The van der Waals surface area contributed by atoms with Gasteiger partial charge in [-0.25, -0.2) is 0 Å². The zero-order valence-corrected chi connectivity index (χ0v) is 15.4. The van der Waals surface area contributed by atoms with Crippen LogP contribution in [0.3, 0.4) is 0 Å². The summed E-state index contributed by atoms with van der Waals surface area (Å²) in [6, 6.07) is 9.46. The van der Waals surface area contributed by atoms with Crippen LogP contribution in [0.2, 0.25) is 0 Å². The van der Waals surface area contributed by atoms with Crippen molar-refractivity contribution in [3.63, 3.8) is 0 Å². The predicted octanol–water partition coefficient (Wildman–Crippen LogP) is 2.73. The number of ether oxygens (including phenoxy) is 1. The van der Waals surface area contributed by atoms with Crippen LogP contribution in [-0.2, 0) is 17.8 Å². The van der Waals surface area contributed by atoms with Gasteiger partial charge in [-0.15, -0.1) is 11.3 Å². The summed E-state index contributed by atoms with van der Waals surface area (Å²) in [5.41, 5.74) is 2.21. The number of hydrogen-bond acceptors (Lipinski definition) is 6. The van der Waals surface area contributed by atoms with E-state index in [0.29, 0.717) is 16.3 Å². The Morgan fingerprint density at radius 2 is 1.92 bits per heavy atom. The zero-order chi connectivity index (χ0) is 18.5. The molecule has 1 aromatic carbocycles. The summed E-state index contributed by atoms with van der Waals surface area (Å²) in [5.74, 6) is -0.288. The number of benzene rings is 1. The molecule has 0 spiro atoms. The van der Waals surface area contributed by atoms with Crippen molar-refractivity contribution in [3.8, 4) is 0 Å². The van der Waals surface area contributed by atoms with Crippen molar-refractivity contribution in [1.82, 2.24) is 10.2 Å². The van der Waals surface area contributed by atoms with Crippen LogP contribution in [0.4, 0.5) is 5.69 Å². The largest absolute Gasteiger partial charge is 0.379 e. The Bertz CT molecular complexity index is 782. The number of carbonyl (C=O) groups is 1. The lowest BCUT2D eigenvalue weighted by Gasteiger charge is -2.26. The van der Waals surface area contributed by atoms with Gasteiger partial charge in [-0.2, -0.15) is 0 Å². The number of nitrogens with zero attached hydrogens (tertiary/aromatic N) is 2. The van der Waals surface area contributed by atoms with Crippen molar-refractivity contribution in [2.24, 2.45) is 0 Å². The molecule has 3 rings (SSSR count). The second-order valence-electron chi connectivity index (χ2n) is 6.20. The molecule has 1 amide bonds. The van der Waals surface area contributed by atoms with Crippen LogP contribution in [0.1, 0.15) is 25.7 Å². The molecule has 26 heavy (non-hydrogen) atoms. The molecular weight excluding hydrogens is 354 g/mol. The molecular formula is C18H21N3O4S. The highest BCUT2D eigenvalue weighted by molar-refractivity contribution is 7.14. The number of hydrogen-bond donors (Lipinski definition) is 1. The van der Waals surface area contributed by atoms with Crippen LogP contribution in [0, 0.1) is 17.0 Å². The first-order chi connectivity index (χ1) is 12.5. The van der Waals surface area contributed by atoms with E-state index in [0.717, 1.165) is 49.7 Å². The lowest BCUT2D eigenvalue weighted by Crippen LogP contribution is -2.35. The highest BCUT2D eigenvalue weighted by Crippen LogP contribution is 2.27. The number of nitro groups is 1. The van der Waals surface area contributed by atoms with E-state index >= 15 is 0 Å². The number of morpholine rings is 1. The molecule has 0 unspecified atom stereocenters. The fraction of sp³-hybridized carbons (Fsp3) is 0.389. The van der Waals surface area contributed by atoms with E-state index in [-0.39, 0.29) is 11.6 Å². The number of carbonyl (C=O) groups excluding carboxylic acids is 1. The SMILES string of the molecule is Cc1sc(C(=O)NCc2ccc(CN3CCOCC3)cc2)cc1[N+](=O)[O-]. The summed E-state index contributed by atoms with van der Waals surface area (Å²) < 4.78 is 5.35. The molecule has 0 aliphatic carbocycles. The third-order valence-corrected chi connectivity index (χ3v) is 5.34. The first-order valence-corrected chi connectivity index (χ1v) is 9.25. The lowest BCUT2D eigenvalue weighted by atomic mass is 10.1. The van der Waals surface area contributed by atoms with Crippen LogP contribution >= 0.6 is 11.3 Å². The summed E-state index contributed by atoms with van der Waals surface area (Å²) in [7, 11) is 0. The molecule has 1 aliphatic heterocycles. The molecule has 2 heterocycles. The Labute approximate surface area is 155 Å². The van der Waals surface area contributed by atoms with Gasteiger partial charge in [0, 0.05) is 32.2 Å². The van der Waals surface area contributed by atoms with Crippen molar-refractivity contribution in [2.75, 3.05) is 26.3 Å². The van der Waals surface area contributed by atoms with Gasteiger partial charge in [0.15, 0.2) is 0 Å². The second-order valence-corrected chi connectivity index (χ2v) is 7.45. The molecule has 0 saturated carbocycles. The second kappa shape index (κ2) is 8.39. The first-order valence-electron chi connectivity index (χ1n) is 8.44. The fourth-order valence-corrected chi connectivity index (χ4v) is 3.72. The van der Waals surface area contributed by atoms with Crippen LogP contribution < -0.4 is 5.32 Å². The van der Waals surface area contributed by atoms with Gasteiger partial charge in [0.05, 0.1) is 27.9 Å². The van der Waals surface area contributed by atoms with E-state index in [2.05, 4.69) is 22.3 Å². The van der Waals surface area contributed by atoms with Gasteiger partial charge in [-0.05, 0) is 18.1 Å². The van der Waals surface area contributed by atoms with Crippen LogP contribution in [0.5, 0.6) is 0 Å². The number of nitrogens with one attached hydrogen (secondary N) is 1. The summed E-state index contributed by atoms with van der Waals surface area (Å²) >= 11 is 1.14. The van der Waals surface area contributed by atoms with E-state index in [1.165, 1.54) is 11.6 Å². The molecule has 2 aromatic rings. The predicted molar refractivity (Wildman–Crippen MR) is 99.4 cm³/mol. The van der Waals surface area contributed by atoms with Crippen LogP contribution in [-0.4, -0.2) is 42.0 Å². The summed E-state index contributed by atoms with van der Waals surface area (Å²) in [6.07, 6.45) is 0. The van der Waals surface area contributed by atoms with Gasteiger partial charge in [0.1, 0.15) is 0 Å². The van der Waals surface area contributed by atoms with Crippen LogP contribution in [0.25, 0.3) is 0 Å². The Morgan fingerprint density at radius 1 is 1.27 bits per heavy atom. The van der Waals surface area contributed by atoms with Gasteiger partial charge < -0.3 is 10.1 Å². The summed E-state index contributed by atoms with van der Waals surface area (Å²) in [5, 5.41) is 13.7. The maximum atomic E-state index is 12.2. The van der Waals surface area contributed by atoms with Gasteiger partial charge in [0.2, 0.25) is 0 Å².